The number of nitrogens with one attached hydrogen (secondary N) is 2. The molecule has 6 aromatic rings. The number of anilines is 4. The van der Waals surface area contributed by atoms with Crippen molar-refractivity contribution in [2.75, 3.05) is 22.1 Å². The second-order valence-electron chi connectivity index (χ2n) is 11.2. The average Bonchev–Trinajstić information content (AvgIpc) is 3.48. The number of hydrogen-bond acceptors (Lipinski definition) is 8. The molecule has 1 aliphatic rings. The number of carboxylic acid groups (broad SMARTS) is 1. The molecule has 3 N–H and O–H groups in total. The zero-order valence-electron chi connectivity index (χ0n) is 25.2. The number of amides is 1. The van der Waals surface area contributed by atoms with E-state index in [0.717, 1.165) is 43.9 Å². The highest BCUT2D eigenvalue weighted by Gasteiger charge is 2.27. The van der Waals surface area contributed by atoms with Crippen LogP contribution < -0.4 is 15.5 Å². The monoisotopic (exact) mass is 626 g/mol. The maximum Gasteiger partial charge on any atom is 0.355 e. The summed E-state index contributed by atoms with van der Waals surface area (Å²) in [5, 5.41) is 17.5. The second-order valence-corrected chi connectivity index (χ2v) is 12.2. The normalized spacial score (nSPS) is 12.5. The minimum Gasteiger partial charge on any atom is -0.476 e. The summed E-state index contributed by atoms with van der Waals surface area (Å²) >= 11 is 1.43. The number of rotatable bonds is 7. The van der Waals surface area contributed by atoms with Gasteiger partial charge in [0.2, 0.25) is 0 Å². The van der Waals surface area contributed by atoms with Gasteiger partial charge in [-0.05, 0) is 78.9 Å². The van der Waals surface area contributed by atoms with E-state index >= 15 is 0 Å². The van der Waals surface area contributed by atoms with E-state index in [-0.39, 0.29) is 11.6 Å². The van der Waals surface area contributed by atoms with Crippen molar-refractivity contribution in [2.45, 2.75) is 26.8 Å². The number of carbonyl (C=O) groups excluding carboxylic acids is 1. The number of hydrogen-bond donors (Lipinski definition) is 3. The molecule has 0 bridgehead atoms. The van der Waals surface area contributed by atoms with Crippen LogP contribution in [0.15, 0.2) is 91.1 Å². The first kappa shape index (κ1) is 29.1. The predicted octanol–water partition coefficient (Wildman–Crippen LogP) is 7.63. The minimum absolute atomic E-state index is 0.0581. The number of aryl methyl sites for hydroxylation is 1. The van der Waals surface area contributed by atoms with E-state index in [2.05, 4.69) is 20.6 Å². The summed E-state index contributed by atoms with van der Waals surface area (Å²) in [7, 11) is 0. The minimum atomic E-state index is -1.13. The third-order valence-electron chi connectivity index (χ3n) is 8.34. The van der Waals surface area contributed by atoms with Gasteiger partial charge in [-0.15, -0.1) is 0 Å². The summed E-state index contributed by atoms with van der Waals surface area (Å²) in [5.74, 6) is -0.854. The van der Waals surface area contributed by atoms with Gasteiger partial charge in [-0.3, -0.25) is 15.1 Å². The summed E-state index contributed by atoms with van der Waals surface area (Å²) in [6.45, 7) is 4.84. The van der Waals surface area contributed by atoms with Crippen LogP contribution in [0.5, 0.6) is 0 Å². The molecule has 0 atom stereocenters. The van der Waals surface area contributed by atoms with Crippen molar-refractivity contribution in [3.8, 4) is 11.1 Å². The molecule has 0 unspecified atom stereocenters. The molecule has 7 rings (SSSR count). The highest BCUT2D eigenvalue weighted by molar-refractivity contribution is 7.22. The van der Waals surface area contributed by atoms with Crippen LogP contribution in [0.4, 0.5) is 22.3 Å². The standard InChI is InChI=1S/C36H30N6O3S/c1-21-22(2)37-17-15-25(21)32-29(38-24-10-4-3-5-11-24)19-31(40-33(32)35(44)45)42-18-16-23-9-8-12-26(27(23)20-42)34(43)41-36-39-28-13-6-7-14-30(28)46-36/h3-15,17,19H,16,18,20H2,1-2H3,(H,38,40)(H,44,45)(H,39,41,43). The van der Waals surface area contributed by atoms with Gasteiger partial charge in [-0.2, -0.15) is 0 Å². The number of benzene rings is 3. The molecule has 0 aliphatic carbocycles. The Hall–Kier alpha value is -5.61. The number of thiazole rings is 1. The largest absolute Gasteiger partial charge is 0.476 e. The molecule has 1 amide bonds. The summed E-state index contributed by atoms with van der Waals surface area (Å²) in [6.07, 6.45) is 2.36. The predicted molar refractivity (Wildman–Crippen MR) is 182 cm³/mol. The molecule has 3 aromatic heterocycles. The third kappa shape index (κ3) is 5.54. The number of fused-ring (bicyclic) bond motifs is 2. The molecule has 10 heteroatoms. The number of pyridine rings is 2. The molecule has 3 aromatic carbocycles. The van der Waals surface area contributed by atoms with Crippen molar-refractivity contribution in [2.24, 2.45) is 0 Å². The van der Waals surface area contributed by atoms with Gasteiger partial charge in [0.25, 0.3) is 5.91 Å². The molecular formula is C36H30N6O3S. The Labute approximate surface area is 269 Å². The van der Waals surface area contributed by atoms with Gasteiger partial charge in [0.1, 0.15) is 5.82 Å². The fourth-order valence-electron chi connectivity index (χ4n) is 5.89. The number of nitrogens with zero attached hydrogens (tertiary/aromatic N) is 4. The van der Waals surface area contributed by atoms with E-state index in [1.165, 1.54) is 11.3 Å². The van der Waals surface area contributed by atoms with Crippen LogP contribution in [0.25, 0.3) is 21.3 Å². The van der Waals surface area contributed by atoms with Crippen molar-refractivity contribution in [1.82, 2.24) is 15.0 Å². The molecule has 1 aliphatic heterocycles. The first-order chi connectivity index (χ1) is 22.4. The fourth-order valence-corrected chi connectivity index (χ4v) is 6.75. The molecule has 0 spiro atoms. The average molecular weight is 627 g/mol. The Morgan fingerprint density at radius 2 is 1.74 bits per heavy atom. The first-order valence-corrected chi connectivity index (χ1v) is 15.7. The topological polar surface area (TPSA) is 120 Å². The Morgan fingerprint density at radius 1 is 0.935 bits per heavy atom. The van der Waals surface area contributed by atoms with Crippen molar-refractivity contribution in [3.05, 3.63) is 125 Å². The van der Waals surface area contributed by atoms with Crippen molar-refractivity contribution in [3.63, 3.8) is 0 Å². The number of aromatic carboxylic acids is 1. The van der Waals surface area contributed by atoms with Crippen molar-refractivity contribution in [1.29, 1.82) is 0 Å². The van der Waals surface area contributed by atoms with Crippen molar-refractivity contribution < 1.29 is 14.7 Å². The van der Waals surface area contributed by atoms with Gasteiger partial charge in [-0.1, -0.05) is 53.8 Å². The molecule has 9 nitrogen and oxygen atoms in total. The SMILES string of the molecule is Cc1nccc(-c2c(Nc3ccccc3)cc(N3CCc4cccc(C(=O)Nc5nc6ccccc6s5)c4C3)nc2C(=O)O)c1C. The molecule has 0 saturated heterocycles. The second kappa shape index (κ2) is 12.1. The molecule has 4 heterocycles. The van der Waals surface area contributed by atoms with Crippen LogP contribution in [0, 0.1) is 13.8 Å². The highest BCUT2D eigenvalue weighted by Crippen LogP contribution is 2.39. The van der Waals surface area contributed by atoms with E-state index in [1.807, 2.05) is 104 Å². The van der Waals surface area contributed by atoms with Crippen LogP contribution in [-0.4, -0.2) is 38.5 Å². The smallest absolute Gasteiger partial charge is 0.355 e. The zero-order chi connectivity index (χ0) is 31.8. The van der Waals surface area contributed by atoms with Crippen LogP contribution in [0.2, 0.25) is 0 Å². The lowest BCUT2D eigenvalue weighted by molar-refractivity contribution is 0.0691. The van der Waals surface area contributed by atoms with Gasteiger partial charge in [0.15, 0.2) is 10.8 Å². The lowest BCUT2D eigenvalue weighted by Gasteiger charge is -2.32. The summed E-state index contributed by atoms with van der Waals surface area (Å²) in [6, 6.07) is 26.9. The Kier molecular flexibility index (Phi) is 7.63. The third-order valence-corrected chi connectivity index (χ3v) is 9.29. The van der Waals surface area contributed by atoms with E-state index in [0.29, 0.717) is 47.3 Å². The van der Waals surface area contributed by atoms with Gasteiger partial charge >= 0.3 is 5.97 Å². The lowest BCUT2D eigenvalue weighted by Crippen LogP contribution is -2.33. The van der Waals surface area contributed by atoms with Gasteiger partial charge in [-0.25, -0.2) is 14.8 Å². The van der Waals surface area contributed by atoms with Crippen molar-refractivity contribution >= 4 is 55.8 Å². The van der Waals surface area contributed by atoms with Crippen LogP contribution in [0.3, 0.4) is 0 Å². The Morgan fingerprint density at radius 3 is 2.54 bits per heavy atom. The molecule has 46 heavy (non-hydrogen) atoms. The van der Waals surface area contributed by atoms with Crippen LogP contribution in [-0.2, 0) is 13.0 Å². The van der Waals surface area contributed by atoms with Gasteiger partial charge in [0.05, 0.1) is 15.9 Å². The van der Waals surface area contributed by atoms with E-state index in [1.54, 1.807) is 6.20 Å². The Bertz CT molecular complexity index is 2100. The lowest BCUT2D eigenvalue weighted by atomic mass is 9.94. The molecule has 0 radical (unpaired) electrons. The van der Waals surface area contributed by atoms with E-state index in [4.69, 9.17) is 4.98 Å². The fraction of sp³-hybridized carbons (Fsp3) is 0.139. The van der Waals surface area contributed by atoms with E-state index < -0.39 is 5.97 Å². The summed E-state index contributed by atoms with van der Waals surface area (Å²) < 4.78 is 1.000. The Balaban J connectivity index is 1.28. The number of para-hydroxylation sites is 2. The maximum atomic E-state index is 13.6. The number of carbonyl (C=O) groups is 2. The number of aromatic nitrogens is 3. The quantitative estimate of drug-likeness (QED) is 0.165. The molecule has 228 valence electrons. The highest BCUT2D eigenvalue weighted by atomic mass is 32.1. The van der Waals surface area contributed by atoms with Gasteiger partial charge in [0, 0.05) is 47.9 Å². The molecule has 0 saturated carbocycles. The number of carboxylic acids is 1. The maximum absolute atomic E-state index is 13.6. The van der Waals surface area contributed by atoms with Crippen LogP contribution >= 0.6 is 11.3 Å². The first-order valence-electron chi connectivity index (χ1n) is 14.9. The summed E-state index contributed by atoms with van der Waals surface area (Å²) in [5.41, 5.74) is 7.68. The zero-order valence-corrected chi connectivity index (χ0v) is 26.1. The van der Waals surface area contributed by atoms with Gasteiger partial charge < -0.3 is 15.3 Å². The molecule has 0 fully saturated rings. The van der Waals surface area contributed by atoms with E-state index in [9.17, 15) is 14.7 Å². The molecular weight excluding hydrogens is 597 g/mol. The summed E-state index contributed by atoms with van der Waals surface area (Å²) in [4.78, 5) is 42.2. The van der Waals surface area contributed by atoms with Crippen LogP contribution in [0.1, 0.15) is 43.2 Å².